The number of ether oxygens (including phenoxy) is 1. The van der Waals surface area contributed by atoms with Crippen molar-refractivity contribution in [3.8, 4) is 0 Å². The molecule has 3 atom stereocenters. The molecule has 2 fully saturated rings. The monoisotopic (exact) mass is 228 g/mol. The highest BCUT2D eigenvalue weighted by Crippen LogP contribution is 2.22. The van der Waals surface area contributed by atoms with Gasteiger partial charge < -0.3 is 15.2 Å². The van der Waals surface area contributed by atoms with Crippen LogP contribution in [0.1, 0.15) is 26.2 Å². The molecule has 2 aliphatic heterocycles. The van der Waals surface area contributed by atoms with Gasteiger partial charge in [0.2, 0.25) is 0 Å². The zero-order valence-electron chi connectivity index (χ0n) is 10.2. The van der Waals surface area contributed by atoms with Crippen LogP contribution in [0.5, 0.6) is 0 Å². The van der Waals surface area contributed by atoms with Gasteiger partial charge in [-0.05, 0) is 25.8 Å². The summed E-state index contributed by atoms with van der Waals surface area (Å²) < 4.78 is 5.82. The van der Waals surface area contributed by atoms with E-state index in [-0.39, 0.29) is 6.10 Å². The molecule has 0 spiro atoms. The fraction of sp³-hybridized carbons (Fsp3) is 1.00. The Morgan fingerprint density at radius 2 is 2.44 bits per heavy atom. The summed E-state index contributed by atoms with van der Waals surface area (Å²) in [6.07, 6.45) is 3.52. The lowest BCUT2D eigenvalue weighted by molar-refractivity contribution is -0.0476. The highest BCUT2D eigenvalue weighted by Gasteiger charge is 2.31. The van der Waals surface area contributed by atoms with E-state index in [1.165, 1.54) is 19.4 Å². The van der Waals surface area contributed by atoms with Crippen molar-refractivity contribution in [1.29, 1.82) is 0 Å². The van der Waals surface area contributed by atoms with Gasteiger partial charge >= 0.3 is 0 Å². The highest BCUT2D eigenvalue weighted by atomic mass is 16.5. The highest BCUT2D eigenvalue weighted by molar-refractivity contribution is 4.85. The quantitative estimate of drug-likeness (QED) is 0.706. The van der Waals surface area contributed by atoms with Crippen LogP contribution in [0.25, 0.3) is 0 Å². The Morgan fingerprint density at radius 3 is 3.25 bits per heavy atom. The van der Waals surface area contributed by atoms with Crippen molar-refractivity contribution in [2.45, 2.75) is 44.4 Å². The molecule has 0 radical (unpaired) electrons. The Bertz CT molecular complexity index is 213. The molecule has 2 N–H and O–H groups in total. The maximum atomic E-state index is 9.42. The Hall–Kier alpha value is -0.160. The molecule has 0 aromatic carbocycles. The van der Waals surface area contributed by atoms with Crippen molar-refractivity contribution in [3.05, 3.63) is 0 Å². The standard InChI is InChI=1S/C12H24N2O2/c1-2-11(15)6-13-7-12-8-14-5-3-4-10(14)9-16-12/h10-13,15H,2-9H2,1H3. The van der Waals surface area contributed by atoms with Gasteiger partial charge in [-0.15, -0.1) is 0 Å². The van der Waals surface area contributed by atoms with Gasteiger partial charge in [-0.1, -0.05) is 6.92 Å². The van der Waals surface area contributed by atoms with Crippen LogP contribution >= 0.6 is 0 Å². The fourth-order valence-corrected chi connectivity index (χ4v) is 2.56. The summed E-state index contributed by atoms with van der Waals surface area (Å²) in [5, 5.41) is 12.7. The third kappa shape index (κ3) is 3.17. The van der Waals surface area contributed by atoms with Gasteiger partial charge in [0.25, 0.3) is 0 Å². The van der Waals surface area contributed by atoms with Crippen molar-refractivity contribution in [2.24, 2.45) is 0 Å². The molecule has 4 heteroatoms. The molecule has 2 saturated heterocycles. The Labute approximate surface area is 98.0 Å². The second-order valence-electron chi connectivity index (χ2n) is 4.97. The topological polar surface area (TPSA) is 44.7 Å². The third-order valence-corrected chi connectivity index (χ3v) is 3.68. The lowest BCUT2D eigenvalue weighted by Crippen LogP contribution is -2.49. The zero-order chi connectivity index (χ0) is 11.4. The molecule has 0 aromatic rings. The van der Waals surface area contributed by atoms with Crippen molar-refractivity contribution in [1.82, 2.24) is 10.2 Å². The first kappa shape index (κ1) is 12.3. The SMILES string of the molecule is CCC(O)CNCC1CN2CCCC2CO1. The molecule has 2 aliphatic rings. The summed E-state index contributed by atoms with van der Waals surface area (Å²) in [5.41, 5.74) is 0. The number of fused-ring (bicyclic) bond motifs is 1. The van der Waals surface area contributed by atoms with Crippen LogP contribution in [-0.2, 0) is 4.74 Å². The van der Waals surface area contributed by atoms with Crippen LogP contribution in [-0.4, -0.2) is 61.0 Å². The lowest BCUT2D eigenvalue weighted by atomic mass is 10.2. The summed E-state index contributed by atoms with van der Waals surface area (Å²) in [5.74, 6) is 0. The normalized spacial score (nSPS) is 32.6. The smallest absolute Gasteiger partial charge is 0.0827 e. The van der Waals surface area contributed by atoms with Crippen molar-refractivity contribution in [3.63, 3.8) is 0 Å². The predicted octanol–water partition coefficient (Wildman–Crippen LogP) is 0.210. The number of aliphatic hydroxyl groups excluding tert-OH is 1. The largest absolute Gasteiger partial charge is 0.392 e. The minimum atomic E-state index is -0.219. The van der Waals surface area contributed by atoms with Crippen LogP contribution in [0.2, 0.25) is 0 Å². The molecular weight excluding hydrogens is 204 g/mol. The minimum absolute atomic E-state index is 0.219. The molecule has 0 saturated carbocycles. The Morgan fingerprint density at radius 1 is 1.56 bits per heavy atom. The minimum Gasteiger partial charge on any atom is -0.392 e. The number of rotatable bonds is 5. The van der Waals surface area contributed by atoms with Gasteiger partial charge in [-0.2, -0.15) is 0 Å². The maximum Gasteiger partial charge on any atom is 0.0827 e. The van der Waals surface area contributed by atoms with E-state index in [9.17, 15) is 5.11 Å². The van der Waals surface area contributed by atoms with E-state index in [0.717, 1.165) is 26.1 Å². The van der Waals surface area contributed by atoms with E-state index in [2.05, 4.69) is 10.2 Å². The van der Waals surface area contributed by atoms with Gasteiger partial charge in [0.15, 0.2) is 0 Å². The molecular formula is C12H24N2O2. The average Bonchev–Trinajstić information content (AvgIpc) is 2.76. The van der Waals surface area contributed by atoms with Crippen molar-refractivity contribution in [2.75, 3.05) is 32.8 Å². The number of aliphatic hydroxyl groups is 1. The molecule has 2 rings (SSSR count). The summed E-state index contributed by atoms with van der Waals surface area (Å²) in [7, 11) is 0. The van der Waals surface area contributed by atoms with Crippen LogP contribution in [0.4, 0.5) is 0 Å². The Balaban J connectivity index is 1.63. The van der Waals surface area contributed by atoms with E-state index in [0.29, 0.717) is 18.7 Å². The van der Waals surface area contributed by atoms with Crippen molar-refractivity contribution >= 4 is 0 Å². The second-order valence-corrected chi connectivity index (χ2v) is 4.97. The summed E-state index contributed by atoms with van der Waals surface area (Å²) >= 11 is 0. The van der Waals surface area contributed by atoms with Gasteiger partial charge in [0.1, 0.15) is 0 Å². The van der Waals surface area contributed by atoms with E-state index in [4.69, 9.17) is 4.74 Å². The summed E-state index contributed by atoms with van der Waals surface area (Å²) in [4.78, 5) is 2.55. The van der Waals surface area contributed by atoms with Crippen LogP contribution in [0.3, 0.4) is 0 Å². The number of nitrogens with zero attached hydrogens (tertiary/aromatic N) is 1. The number of hydrogen-bond donors (Lipinski definition) is 2. The average molecular weight is 228 g/mol. The van der Waals surface area contributed by atoms with E-state index in [1.807, 2.05) is 6.92 Å². The van der Waals surface area contributed by atoms with E-state index in [1.54, 1.807) is 0 Å². The van der Waals surface area contributed by atoms with Crippen LogP contribution < -0.4 is 5.32 Å². The van der Waals surface area contributed by atoms with E-state index < -0.39 is 0 Å². The number of nitrogens with one attached hydrogen (secondary N) is 1. The first-order valence-corrected chi connectivity index (χ1v) is 6.54. The molecule has 3 unspecified atom stereocenters. The number of morpholine rings is 1. The van der Waals surface area contributed by atoms with E-state index >= 15 is 0 Å². The second kappa shape index (κ2) is 5.96. The molecule has 0 aliphatic carbocycles. The number of hydrogen-bond acceptors (Lipinski definition) is 4. The first-order valence-electron chi connectivity index (χ1n) is 6.54. The molecule has 16 heavy (non-hydrogen) atoms. The predicted molar refractivity (Wildman–Crippen MR) is 63.5 cm³/mol. The first-order chi connectivity index (χ1) is 7.79. The molecule has 0 bridgehead atoms. The van der Waals surface area contributed by atoms with Gasteiger partial charge in [-0.25, -0.2) is 0 Å². The van der Waals surface area contributed by atoms with Crippen molar-refractivity contribution < 1.29 is 9.84 Å². The summed E-state index contributed by atoms with van der Waals surface area (Å²) in [6, 6.07) is 0.678. The molecule has 0 aromatic heterocycles. The zero-order valence-corrected chi connectivity index (χ0v) is 10.2. The van der Waals surface area contributed by atoms with Gasteiger partial charge in [0.05, 0.1) is 18.8 Å². The van der Waals surface area contributed by atoms with Crippen LogP contribution in [0.15, 0.2) is 0 Å². The lowest BCUT2D eigenvalue weighted by Gasteiger charge is -2.35. The van der Waals surface area contributed by atoms with Crippen LogP contribution in [0, 0.1) is 0 Å². The Kier molecular flexibility index (Phi) is 4.58. The third-order valence-electron chi connectivity index (χ3n) is 3.68. The molecule has 2 heterocycles. The fourth-order valence-electron chi connectivity index (χ4n) is 2.56. The van der Waals surface area contributed by atoms with Gasteiger partial charge in [0, 0.05) is 25.7 Å². The summed E-state index contributed by atoms with van der Waals surface area (Å²) in [6.45, 7) is 6.73. The molecule has 0 amide bonds. The molecule has 4 nitrogen and oxygen atoms in total. The molecule has 94 valence electrons. The van der Waals surface area contributed by atoms with Gasteiger partial charge in [-0.3, -0.25) is 4.90 Å². The maximum absolute atomic E-state index is 9.42.